The zero-order valence-electron chi connectivity index (χ0n) is 13.8. The zero-order valence-corrected chi connectivity index (χ0v) is 13.8. The summed E-state index contributed by atoms with van der Waals surface area (Å²) in [6.45, 7) is 5.88. The molecule has 0 bridgehead atoms. The molecular weight excluding hydrogens is 323 g/mol. The van der Waals surface area contributed by atoms with Crippen LogP contribution in [0.4, 0.5) is 18.0 Å². The van der Waals surface area contributed by atoms with Crippen LogP contribution in [0.2, 0.25) is 0 Å². The number of carbonyl (C=O) groups excluding carboxylic acids is 2. The molecule has 132 valence electrons. The minimum atomic E-state index is -4.43. The summed E-state index contributed by atoms with van der Waals surface area (Å²) in [7, 11) is 0. The first-order valence-electron chi connectivity index (χ1n) is 7.67. The van der Waals surface area contributed by atoms with E-state index in [0.717, 1.165) is 12.1 Å². The van der Waals surface area contributed by atoms with Crippen LogP contribution in [0, 0.1) is 5.92 Å². The van der Waals surface area contributed by atoms with Gasteiger partial charge in [0.15, 0.2) is 5.78 Å². The van der Waals surface area contributed by atoms with Crippen LogP contribution in [0.15, 0.2) is 24.3 Å². The molecule has 0 radical (unpaired) electrons. The number of benzene rings is 1. The van der Waals surface area contributed by atoms with Gasteiger partial charge in [0.1, 0.15) is 5.60 Å². The van der Waals surface area contributed by atoms with Crippen molar-refractivity contribution in [2.45, 2.75) is 39.0 Å². The molecule has 1 aliphatic heterocycles. The van der Waals surface area contributed by atoms with E-state index in [4.69, 9.17) is 4.74 Å². The van der Waals surface area contributed by atoms with Crippen molar-refractivity contribution < 1.29 is 27.5 Å². The number of ether oxygens (including phenoxy) is 1. The van der Waals surface area contributed by atoms with E-state index in [9.17, 15) is 22.8 Å². The third-order valence-corrected chi connectivity index (χ3v) is 3.71. The Morgan fingerprint density at radius 3 is 2.21 bits per heavy atom. The van der Waals surface area contributed by atoms with Gasteiger partial charge >= 0.3 is 12.3 Å². The molecule has 0 aliphatic carbocycles. The second kappa shape index (κ2) is 6.45. The highest BCUT2D eigenvalue weighted by Gasteiger charge is 2.34. The highest BCUT2D eigenvalue weighted by Crippen LogP contribution is 2.30. The molecule has 4 nitrogen and oxygen atoms in total. The average molecular weight is 343 g/mol. The number of Topliss-reactive ketones (excluding diaryl/α,β-unsaturated/α-hetero) is 1. The molecule has 1 amide bonds. The molecule has 24 heavy (non-hydrogen) atoms. The lowest BCUT2D eigenvalue weighted by Crippen LogP contribution is -2.35. The zero-order chi connectivity index (χ0) is 18.1. The van der Waals surface area contributed by atoms with Crippen molar-refractivity contribution in [1.29, 1.82) is 0 Å². The largest absolute Gasteiger partial charge is 0.444 e. The topological polar surface area (TPSA) is 46.6 Å². The van der Waals surface area contributed by atoms with E-state index < -0.39 is 29.4 Å². The van der Waals surface area contributed by atoms with Crippen LogP contribution in [-0.4, -0.2) is 35.5 Å². The maximum atomic E-state index is 12.6. The molecule has 0 N–H and O–H groups in total. The summed E-state index contributed by atoms with van der Waals surface area (Å²) in [5.74, 6) is -0.677. The van der Waals surface area contributed by atoms with Gasteiger partial charge in [0.2, 0.25) is 0 Å². The molecule has 1 aliphatic rings. The standard InChI is InChI=1S/C17H20F3NO3/c1-16(2,3)24-15(23)21-9-8-12(10-21)14(22)11-4-6-13(7-5-11)17(18,19)20/h4-7,12H,8-10H2,1-3H3/t12-/m0/s1. The van der Waals surface area contributed by atoms with Crippen LogP contribution < -0.4 is 0 Å². The first-order valence-corrected chi connectivity index (χ1v) is 7.67. The van der Waals surface area contributed by atoms with Gasteiger partial charge in [-0.05, 0) is 39.3 Å². The van der Waals surface area contributed by atoms with Crippen LogP contribution in [-0.2, 0) is 10.9 Å². The van der Waals surface area contributed by atoms with E-state index in [1.807, 2.05) is 0 Å². The fourth-order valence-electron chi connectivity index (χ4n) is 2.53. The van der Waals surface area contributed by atoms with Gasteiger partial charge in [-0.25, -0.2) is 4.79 Å². The van der Waals surface area contributed by atoms with Gasteiger partial charge < -0.3 is 9.64 Å². The molecule has 2 rings (SSSR count). The number of alkyl halides is 3. The van der Waals surface area contributed by atoms with Crippen molar-refractivity contribution in [2.75, 3.05) is 13.1 Å². The molecule has 0 spiro atoms. The van der Waals surface area contributed by atoms with Crippen molar-refractivity contribution >= 4 is 11.9 Å². The molecule has 1 aromatic carbocycles. The van der Waals surface area contributed by atoms with Gasteiger partial charge in [0, 0.05) is 24.6 Å². The SMILES string of the molecule is CC(C)(C)OC(=O)N1CC[C@H](C(=O)c2ccc(C(F)(F)F)cc2)C1. The number of ketones is 1. The number of amides is 1. The first kappa shape index (κ1) is 18.3. The summed E-state index contributed by atoms with van der Waals surface area (Å²) in [6, 6.07) is 4.16. The molecule has 1 aromatic rings. The summed E-state index contributed by atoms with van der Waals surface area (Å²) >= 11 is 0. The minimum Gasteiger partial charge on any atom is -0.444 e. The maximum Gasteiger partial charge on any atom is 0.416 e. The summed E-state index contributed by atoms with van der Waals surface area (Å²) in [5, 5.41) is 0. The second-order valence-corrected chi connectivity index (χ2v) is 6.85. The number of carbonyl (C=O) groups is 2. The Kier molecular flexibility index (Phi) is 4.92. The number of rotatable bonds is 2. The van der Waals surface area contributed by atoms with Gasteiger partial charge in [-0.15, -0.1) is 0 Å². The lowest BCUT2D eigenvalue weighted by Gasteiger charge is -2.24. The lowest BCUT2D eigenvalue weighted by molar-refractivity contribution is -0.137. The normalized spacial score (nSPS) is 18.6. The van der Waals surface area contributed by atoms with Crippen molar-refractivity contribution in [3.05, 3.63) is 35.4 Å². The van der Waals surface area contributed by atoms with Crippen molar-refractivity contribution in [2.24, 2.45) is 5.92 Å². The van der Waals surface area contributed by atoms with Crippen LogP contribution in [0.25, 0.3) is 0 Å². The summed E-state index contributed by atoms with van der Waals surface area (Å²) in [5.41, 5.74) is -1.19. The fraction of sp³-hybridized carbons (Fsp3) is 0.529. The lowest BCUT2D eigenvalue weighted by atomic mass is 9.96. The van der Waals surface area contributed by atoms with Crippen molar-refractivity contribution in [1.82, 2.24) is 4.90 Å². The number of hydrogen-bond donors (Lipinski definition) is 0. The third kappa shape index (κ3) is 4.49. The average Bonchev–Trinajstić information content (AvgIpc) is 2.94. The molecule has 7 heteroatoms. The molecule has 0 aromatic heterocycles. The quantitative estimate of drug-likeness (QED) is 0.758. The maximum absolute atomic E-state index is 12.6. The summed E-state index contributed by atoms with van der Waals surface area (Å²) in [6.07, 6.45) is -4.44. The second-order valence-electron chi connectivity index (χ2n) is 6.85. The van der Waals surface area contributed by atoms with E-state index in [1.54, 1.807) is 20.8 Å². The Balaban J connectivity index is 2.00. The number of nitrogens with zero attached hydrogens (tertiary/aromatic N) is 1. The number of halogens is 3. The third-order valence-electron chi connectivity index (χ3n) is 3.71. The molecule has 1 fully saturated rings. The molecule has 1 saturated heterocycles. The van der Waals surface area contributed by atoms with Crippen LogP contribution >= 0.6 is 0 Å². The van der Waals surface area contributed by atoms with Crippen molar-refractivity contribution in [3.8, 4) is 0 Å². The molecular formula is C17H20F3NO3. The molecule has 1 atom stereocenters. The van der Waals surface area contributed by atoms with Gasteiger partial charge in [-0.2, -0.15) is 13.2 Å². The fourth-order valence-corrected chi connectivity index (χ4v) is 2.53. The number of likely N-dealkylation sites (tertiary alicyclic amines) is 1. The van der Waals surface area contributed by atoms with E-state index in [1.165, 1.54) is 17.0 Å². The summed E-state index contributed by atoms with van der Waals surface area (Å²) in [4.78, 5) is 25.8. The monoisotopic (exact) mass is 343 g/mol. The molecule has 1 heterocycles. The van der Waals surface area contributed by atoms with Gasteiger partial charge in [0.05, 0.1) is 5.56 Å². The van der Waals surface area contributed by atoms with E-state index >= 15 is 0 Å². The Morgan fingerprint density at radius 2 is 1.71 bits per heavy atom. The Labute approximate surface area is 138 Å². The minimum absolute atomic E-state index is 0.217. The Morgan fingerprint density at radius 1 is 1.12 bits per heavy atom. The summed E-state index contributed by atoms with van der Waals surface area (Å²) < 4.78 is 42.9. The van der Waals surface area contributed by atoms with E-state index in [2.05, 4.69) is 0 Å². The van der Waals surface area contributed by atoms with Gasteiger partial charge in [0.25, 0.3) is 0 Å². The smallest absolute Gasteiger partial charge is 0.416 e. The van der Waals surface area contributed by atoms with Gasteiger partial charge in [-0.1, -0.05) is 12.1 Å². The highest BCUT2D eigenvalue weighted by atomic mass is 19.4. The van der Waals surface area contributed by atoms with Crippen molar-refractivity contribution in [3.63, 3.8) is 0 Å². The molecule has 0 unspecified atom stereocenters. The Hall–Kier alpha value is -2.05. The molecule has 0 saturated carbocycles. The van der Waals surface area contributed by atoms with E-state index in [0.29, 0.717) is 13.0 Å². The first-order chi connectivity index (χ1) is 11.0. The van der Waals surface area contributed by atoms with Gasteiger partial charge in [-0.3, -0.25) is 4.79 Å². The number of hydrogen-bond acceptors (Lipinski definition) is 3. The predicted octanol–water partition coefficient (Wildman–Crippen LogP) is 4.15. The highest BCUT2D eigenvalue weighted by molar-refractivity contribution is 5.98. The van der Waals surface area contributed by atoms with Crippen LogP contribution in [0.5, 0.6) is 0 Å². The predicted molar refractivity (Wildman–Crippen MR) is 81.7 cm³/mol. The van der Waals surface area contributed by atoms with Crippen LogP contribution in [0.1, 0.15) is 43.1 Å². The van der Waals surface area contributed by atoms with E-state index in [-0.39, 0.29) is 17.9 Å². The van der Waals surface area contributed by atoms with Crippen LogP contribution in [0.3, 0.4) is 0 Å². The Bertz CT molecular complexity index is 617.